The van der Waals surface area contributed by atoms with Crippen molar-refractivity contribution in [3.05, 3.63) is 39.6 Å². The molecule has 0 saturated heterocycles. The molecule has 62 valence electrons. The highest BCUT2D eigenvalue weighted by molar-refractivity contribution is 9.10. The van der Waals surface area contributed by atoms with Crippen molar-refractivity contribution in [2.75, 3.05) is 0 Å². The molecule has 0 amide bonds. The maximum Gasteiger partial charge on any atom is 0.0937 e. The molecule has 0 unspecified atom stereocenters. The Morgan fingerprint density at radius 2 is 2.17 bits per heavy atom. The summed E-state index contributed by atoms with van der Waals surface area (Å²) in [5.74, 6) is 0. The number of hydrogen-bond acceptors (Lipinski definition) is 0. The molecule has 0 fully saturated rings. The van der Waals surface area contributed by atoms with Crippen molar-refractivity contribution >= 4 is 33.0 Å². The van der Waals surface area contributed by atoms with E-state index in [2.05, 4.69) is 15.9 Å². The maximum absolute atomic E-state index is 6.10. The van der Waals surface area contributed by atoms with Crippen molar-refractivity contribution in [2.45, 2.75) is 6.92 Å². The van der Waals surface area contributed by atoms with Gasteiger partial charge in [-0.15, -0.1) is 0 Å². The molecule has 2 rings (SSSR count). The number of pyridine rings is 1. The molecule has 0 aromatic carbocycles. The summed E-state index contributed by atoms with van der Waals surface area (Å²) in [6.07, 6.45) is 1.98. The highest BCUT2D eigenvalue weighted by Gasteiger charge is 2.09. The molecular formula is C9H7BrClN. The van der Waals surface area contributed by atoms with Gasteiger partial charge in [-0.25, -0.2) is 0 Å². The van der Waals surface area contributed by atoms with E-state index in [0.29, 0.717) is 0 Å². The number of aromatic nitrogens is 1. The Bertz CT molecular complexity index is 394. The van der Waals surface area contributed by atoms with Gasteiger partial charge in [-0.1, -0.05) is 17.7 Å². The van der Waals surface area contributed by atoms with Crippen molar-refractivity contribution < 1.29 is 0 Å². The largest absolute Gasteiger partial charge is 0.309 e. The van der Waals surface area contributed by atoms with Gasteiger partial charge in [0, 0.05) is 11.8 Å². The van der Waals surface area contributed by atoms with Gasteiger partial charge >= 0.3 is 0 Å². The summed E-state index contributed by atoms with van der Waals surface area (Å²) < 4.78 is 3.06. The van der Waals surface area contributed by atoms with Crippen LogP contribution in [0.15, 0.2) is 29.0 Å². The minimum absolute atomic E-state index is 0.822. The highest BCUT2D eigenvalue weighted by atomic mass is 79.9. The fraction of sp³-hybridized carbons (Fsp3) is 0.111. The standard InChI is InChI=1S/C9H7BrClN/c1-6-8(11)7-4-2-3-5-12(7)9(6)10/h2-5H,1H3. The second kappa shape index (κ2) is 2.79. The van der Waals surface area contributed by atoms with Crippen molar-refractivity contribution in [3.8, 4) is 0 Å². The molecule has 3 heteroatoms. The van der Waals surface area contributed by atoms with Crippen molar-refractivity contribution in [1.29, 1.82) is 0 Å². The van der Waals surface area contributed by atoms with Crippen LogP contribution in [0.25, 0.3) is 5.52 Å². The highest BCUT2D eigenvalue weighted by Crippen LogP contribution is 2.30. The lowest BCUT2D eigenvalue weighted by Crippen LogP contribution is -1.80. The molecule has 0 saturated carbocycles. The first-order valence-corrected chi connectivity index (χ1v) is 4.79. The van der Waals surface area contributed by atoms with Crippen LogP contribution in [0.4, 0.5) is 0 Å². The summed E-state index contributed by atoms with van der Waals surface area (Å²) >= 11 is 9.58. The lowest BCUT2D eigenvalue weighted by atomic mass is 10.3. The van der Waals surface area contributed by atoms with Crippen LogP contribution in [0.2, 0.25) is 5.02 Å². The zero-order valence-electron chi connectivity index (χ0n) is 6.51. The summed E-state index contributed by atoms with van der Waals surface area (Å²) in [5.41, 5.74) is 2.13. The monoisotopic (exact) mass is 243 g/mol. The SMILES string of the molecule is Cc1c(Cl)c2ccccn2c1Br. The van der Waals surface area contributed by atoms with Crippen molar-refractivity contribution in [2.24, 2.45) is 0 Å². The first kappa shape index (κ1) is 8.14. The predicted octanol–water partition coefficient (Wildman–Crippen LogP) is 3.66. The lowest BCUT2D eigenvalue weighted by molar-refractivity contribution is 1.15. The maximum atomic E-state index is 6.10. The van der Waals surface area contributed by atoms with E-state index >= 15 is 0 Å². The van der Waals surface area contributed by atoms with Gasteiger partial charge in [-0.05, 0) is 35.0 Å². The summed E-state index contributed by atoms with van der Waals surface area (Å²) in [7, 11) is 0. The van der Waals surface area contributed by atoms with Gasteiger partial charge < -0.3 is 4.40 Å². The normalized spacial score (nSPS) is 10.9. The molecule has 0 bridgehead atoms. The number of hydrogen-bond donors (Lipinski definition) is 0. The molecule has 0 spiro atoms. The Kier molecular flexibility index (Phi) is 1.89. The summed E-state index contributed by atoms with van der Waals surface area (Å²) in [6, 6.07) is 5.96. The molecule has 0 aliphatic carbocycles. The van der Waals surface area contributed by atoms with Crippen LogP contribution in [0.5, 0.6) is 0 Å². The second-order valence-corrected chi connectivity index (χ2v) is 3.81. The van der Waals surface area contributed by atoms with Gasteiger partial charge in [-0.3, -0.25) is 0 Å². The molecular weight excluding hydrogens is 237 g/mol. The molecule has 0 radical (unpaired) electrons. The quantitative estimate of drug-likeness (QED) is 0.666. The Morgan fingerprint density at radius 1 is 1.42 bits per heavy atom. The van der Waals surface area contributed by atoms with Crippen LogP contribution in [0.1, 0.15) is 5.56 Å². The van der Waals surface area contributed by atoms with Gasteiger partial charge in [0.2, 0.25) is 0 Å². The summed E-state index contributed by atoms with van der Waals surface area (Å²) in [5, 5.41) is 0.822. The first-order chi connectivity index (χ1) is 5.72. The third kappa shape index (κ3) is 0.985. The first-order valence-electron chi connectivity index (χ1n) is 3.62. The van der Waals surface area contributed by atoms with Gasteiger partial charge in [0.05, 0.1) is 15.1 Å². The van der Waals surface area contributed by atoms with E-state index in [9.17, 15) is 0 Å². The fourth-order valence-corrected chi connectivity index (χ4v) is 2.12. The average Bonchev–Trinajstić information content (AvgIpc) is 2.33. The fourth-order valence-electron chi connectivity index (χ4n) is 1.26. The third-order valence-electron chi connectivity index (χ3n) is 1.93. The van der Waals surface area contributed by atoms with Crippen molar-refractivity contribution in [3.63, 3.8) is 0 Å². The average molecular weight is 245 g/mol. The Balaban J connectivity index is 2.99. The minimum Gasteiger partial charge on any atom is -0.309 e. The van der Waals surface area contributed by atoms with E-state index < -0.39 is 0 Å². The molecule has 0 N–H and O–H groups in total. The van der Waals surface area contributed by atoms with Crippen LogP contribution >= 0.6 is 27.5 Å². The van der Waals surface area contributed by atoms with Crippen LogP contribution < -0.4 is 0 Å². The van der Waals surface area contributed by atoms with Crippen LogP contribution in [-0.4, -0.2) is 4.40 Å². The van der Waals surface area contributed by atoms with Crippen molar-refractivity contribution in [1.82, 2.24) is 4.40 Å². The molecule has 2 aromatic rings. The van der Waals surface area contributed by atoms with Crippen LogP contribution in [0, 0.1) is 6.92 Å². The Labute approximate surface area is 84.1 Å². The third-order valence-corrected chi connectivity index (χ3v) is 3.39. The molecule has 12 heavy (non-hydrogen) atoms. The van der Waals surface area contributed by atoms with E-state index in [1.54, 1.807) is 0 Å². The van der Waals surface area contributed by atoms with E-state index in [4.69, 9.17) is 11.6 Å². The number of fused-ring (bicyclic) bond motifs is 1. The van der Waals surface area contributed by atoms with E-state index in [1.165, 1.54) is 0 Å². The van der Waals surface area contributed by atoms with Gasteiger partial charge in [0.25, 0.3) is 0 Å². The van der Waals surface area contributed by atoms with Gasteiger partial charge in [0.15, 0.2) is 0 Å². The van der Waals surface area contributed by atoms with Gasteiger partial charge in [0.1, 0.15) is 0 Å². The van der Waals surface area contributed by atoms with Crippen LogP contribution in [-0.2, 0) is 0 Å². The zero-order chi connectivity index (χ0) is 8.72. The molecule has 0 aliphatic rings. The molecule has 2 aromatic heterocycles. The van der Waals surface area contributed by atoms with E-state index in [0.717, 1.165) is 20.7 Å². The second-order valence-electron chi connectivity index (χ2n) is 2.69. The smallest absolute Gasteiger partial charge is 0.0937 e. The number of rotatable bonds is 0. The van der Waals surface area contributed by atoms with Gasteiger partial charge in [-0.2, -0.15) is 0 Å². The van der Waals surface area contributed by atoms with E-state index in [-0.39, 0.29) is 0 Å². The lowest BCUT2D eigenvalue weighted by Gasteiger charge is -1.93. The summed E-state index contributed by atoms with van der Waals surface area (Å²) in [4.78, 5) is 0. The molecule has 0 aliphatic heterocycles. The number of nitrogens with zero attached hydrogens (tertiary/aromatic N) is 1. The Hall–Kier alpha value is -0.470. The van der Waals surface area contributed by atoms with Crippen LogP contribution in [0.3, 0.4) is 0 Å². The Morgan fingerprint density at radius 3 is 2.83 bits per heavy atom. The topological polar surface area (TPSA) is 4.41 Å². The van der Waals surface area contributed by atoms with E-state index in [1.807, 2.05) is 35.7 Å². The zero-order valence-corrected chi connectivity index (χ0v) is 8.85. The molecule has 0 atom stereocenters. The number of halogens is 2. The molecule has 2 heterocycles. The molecule has 1 nitrogen and oxygen atoms in total. The summed E-state index contributed by atoms with van der Waals surface area (Å²) in [6.45, 7) is 2.00. The minimum atomic E-state index is 0.822. The predicted molar refractivity (Wildman–Crippen MR) is 54.8 cm³/mol.